The second-order valence-corrected chi connectivity index (χ2v) is 3.46. The molecule has 2 N–H and O–H groups in total. The Morgan fingerprint density at radius 1 is 1.06 bits per heavy atom. The summed E-state index contributed by atoms with van der Waals surface area (Å²) in [5.74, 6) is -1.70. The molecule has 0 saturated heterocycles. The maximum atomic E-state index is 12.7. The van der Waals surface area contributed by atoms with Crippen LogP contribution in [0.15, 0.2) is 18.2 Å². The fourth-order valence-electron chi connectivity index (χ4n) is 1.28. The van der Waals surface area contributed by atoms with E-state index in [4.69, 9.17) is 5.73 Å². The molecule has 1 aromatic carbocycles. The lowest BCUT2D eigenvalue weighted by molar-refractivity contribution is -0.136. The van der Waals surface area contributed by atoms with Crippen molar-refractivity contribution in [1.29, 1.82) is 0 Å². The summed E-state index contributed by atoms with van der Waals surface area (Å²) in [7, 11) is 0. The lowest BCUT2D eigenvalue weighted by Gasteiger charge is -2.13. The summed E-state index contributed by atoms with van der Waals surface area (Å²) in [6.45, 7) is 0. The number of alkyl halides is 3. The minimum atomic E-state index is -4.32. The van der Waals surface area contributed by atoms with Crippen molar-refractivity contribution in [1.82, 2.24) is 0 Å². The fraction of sp³-hybridized carbons (Fsp3) is 0.400. The smallest absolute Gasteiger partial charge is 0.324 e. The molecule has 1 atom stereocenters. The molecule has 7 heteroatoms. The van der Waals surface area contributed by atoms with Crippen molar-refractivity contribution < 1.29 is 22.0 Å². The first-order valence-corrected chi connectivity index (χ1v) is 4.56. The Bertz CT molecular complexity index is 346. The first-order valence-electron chi connectivity index (χ1n) is 4.56. The quantitative estimate of drug-likeness (QED) is 0.836. The molecule has 0 aliphatic heterocycles. The summed E-state index contributed by atoms with van der Waals surface area (Å²) in [4.78, 5) is 0. The average Bonchev–Trinajstić information content (AvgIpc) is 2.11. The van der Waals surface area contributed by atoms with Gasteiger partial charge in [0.05, 0.1) is 0 Å². The molecule has 0 fully saturated rings. The van der Waals surface area contributed by atoms with E-state index < -0.39 is 36.7 Å². The van der Waals surface area contributed by atoms with Crippen LogP contribution in [0.5, 0.6) is 0 Å². The van der Waals surface area contributed by atoms with Crippen molar-refractivity contribution in [2.75, 3.05) is 0 Å². The number of hydrogen-bond donors (Lipinski definition) is 1. The van der Waals surface area contributed by atoms with E-state index >= 15 is 0 Å². The van der Waals surface area contributed by atoms with Crippen molar-refractivity contribution in [2.45, 2.75) is 25.1 Å². The predicted octanol–water partition coefficient (Wildman–Crippen LogP) is 3.73. The summed E-state index contributed by atoms with van der Waals surface area (Å²) in [5.41, 5.74) is 5.44. The standard InChI is InChI=1S/C10H10F5N.ClH/c11-7-3-6(4-8(12)5-7)9(16)1-2-10(13,14)15;/h3-5,9H,1-2,16H2;1H/t9-;/m1./s1. The van der Waals surface area contributed by atoms with Crippen LogP contribution >= 0.6 is 12.4 Å². The summed E-state index contributed by atoms with van der Waals surface area (Å²) >= 11 is 0. The monoisotopic (exact) mass is 275 g/mol. The van der Waals surface area contributed by atoms with E-state index in [-0.39, 0.29) is 18.0 Å². The van der Waals surface area contributed by atoms with Gasteiger partial charge >= 0.3 is 6.18 Å². The zero-order valence-corrected chi connectivity index (χ0v) is 9.42. The largest absolute Gasteiger partial charge is 0.389 e. The SMILES string of the molecule is Cl.N[C@H](CCC(F)(F)F)c1cc(F)cc(F)c1. The fourth-order valence-corrected chi connectivity index (χ4v) is 1.28. The van der Waals surface area contributed by atoms with Crippen LogP contribution in [0.3, 0.4) is 0 Å². The average molecular weight is 276 g/mol. The minimum Gasteiger partial charge on any atom is -0.324 e. The van der Waals surface area contributed by atoms with E-state index in [9.17, 15) is 22.0 Å². The molecule has 0 radical (unpaired) electrons. The predicted molar refractivity (Wildman–Crippen MR) is 55.8 cm³/mol. The van der Waals surface area contributed by atoms with Gasteiger partial charge in [-0.15, -0.1) is 12.4 Å². The van der Waals surface area contributed by atoms with Crippen LogP contribution in [0.1, 0.15) is 24.4 Å². The van der Waals surface area contributed by atoms with Crippen LogP contribution in [-0.2, 0) is 0 Å². The van der Waals surface area contributed by atoms with Gasteiger partial charge in [0, 0.05) is 18.5 Å². The molecule has 17 heavy (non-hydrogen) atoms. The lowest BCUT2D eigenvalue weighted by Crippen LogP contribution is -2.16. The minimum absolute atomic E-state index is 0. The molecule has 0 aromatic heterocycles. The van der Waals surface area contributed by atoms with Gasteiger partial charge in [-0.3, -0.25) is 0 Å². The summed E-state index contributed by atoms with van der Waals surface area (Å²) in [6, 6.07) is 1.49. The topological polar surface area (TPSA) is 26.0 Å². The summed E-state index contributed by atoms with van der Waals surface area (Å²) in [5, 5.41) is 0. The molecule has 1 nitrogen and oxygen atoms in total. The van der Waals surface area contributed by atoms with Gasteiger partial charge in [-0.1, -0.05) is 0 Å². The highest BCUT2D eigenvalue weighted by atomic mass is 35.5. The third-order valence-electron chi connectivity index (χ3n) is 2.05. The van der Waals surface area contributed by atoms with Gasteiger partial charge in [0.1, 0.15) is 11.6 Å². The Kier molecular flexibility index (Phi) is 5.84. The Morgan fingerprint density at radius 3 is 1.94 bits per heavy atom. The Morgan fingerprint density at radius 2 is 1.53 bits per heavy atom. The van der Waals surface area contributed by atoms with E-state index in [1.807, 2.05) is 0 Å². The van der Waals surface area contributed by atoms with E-state index in [0.717, 1.165) is 12.1 Å². The van der Waals surface area contributed by atoms with Crippen LogP contribution in [0.2, 0.25) is 0 Å². The Labute approximate surface area is 101 Å². The Balaban J connectivity index is 0.00000256. The zero-order chi connectivity index (χ0) is 12.3. The molecule has 0 aliphatic carbocycles. The third kappa shape index (κ3) is 5.83. The lowest BCUT2D eigenvalue weighted by atomic mass is 10.0. The molecule has 0 bridgehead atoms. The van der Waals surface area contributed by atoms with Gasteiger partial charge in [0.15, 0.2) is 0 Å². The highest BCUT2D eigenvalue weighted by Crippen LogP contribution is 2.26. The number of benzene rings is 1. The van der Waals surface area contributed by atoms with Crippen molar-refractivity contribution in [3.63, 3.8) is 0 Å². The highest BCUT2D eigenvalue weighted by Gasteiger charge is 2.27. The van der Waals surface area contributed by atoms with E-state index in [1.54, 1.807) is 0 Å². The van der Waals surface area contributed by atoms with Gasteiger partial charge < -0.3 is 5.73 Å². The van der Waals surface area contributed by atoms with E-state index in [2.05, 4.69) is 0 Å². The first kappa shape index (κ1) is 16.1. The molecule has 0 unspecified atom stereocenters. The van der Waals surface area contributed by atoms with Gasteiger partial charge in [0.2, 0.25) is 0 Å². The van der Waals surface area contributed by atoms with Crippen molar-refractivity contribution in [3.05, 3.63) is 35.4 Å². The molecular weight excluding hydrogens is 265 g/mol. The molecular formula is C10H11ClF5N. The van der Waals surface area contributed by atoms with Crippen LogP contribution in [0.4, 0.5) is 22.0 Å². The molecule has 0 saturated carbocycles. The molecule has 0 heterocycles. The summed E-state index contributed by atoms with van der Waals surface area (Å²) in [6.07, 6.45) is -5.79. The van der Waals surface area contributed by atoms with Crippen molar-refractivity contribution in [2.24, 2.45) is 5.73 Å². The highest BCUT2D eigenvalue weighted by molar-refractivity contribution is 5.85. The molecule has 0 spiro atoms. The maximum Gasteiger partial charge on any atom is 0.389 e. The second kappa shape index (κ2) is 6.16. The molecule has 1 aromatic rings. The van der Waals surface area contributed by atoms with Crippen molar-refractivity contribution in [3.8, 4) is 0 Å². The molecule has 0 aliphatic rings. The number of nitrogens with two attached hydrogens (primary N) is 1. The molecule has 1 rings (SSSR count). The van der Waals surface area contributed by atoms with Gasteiger partial charge in [-0.25, -0.2) is 8.78 Å². The van der Waals surface area contributed by atoms with E-state index in [0.29, 0.717) is 6.07 Å². The molecule has 98 valence electrons. The zero-order valence-electron chi connectivity index (χ0n) is 8.60. The van der Waals surface area contributed by atoms with E-state index in [1.165, 1.54) is 0 Å². The second-order valence-electron chi connectivity index (χ2n) is 3.46. The van der Waals surface area contributed by atoms with Gasteiger partial charge in [-0.2, -0.15) is 13.2 Å². The van der Waals surface area contributed by atoms with Crippen molar-refractivity contribution >= 4 is 12.4 Å². The normalized spacial score (nSPS) is 13.1. The molecule has 0 amide bonds. The van der Waals surface area contributed by atoms with Crippen LogP contribution in [0.25, 0.3) is 0 Å². The van der Waals surface area contributed by atoms with Gasteiger partial charge in [0.25, 0.3) is 0 Å². The number of rotatable bonds is 3. The first-order chi connectivity index (χ1) is 7.28. The third-order valence-corrected chi connectivity index (χ3v) is 2.05. The van der Waals surface area contributed by atoms with Crippen LogP contribution < -0.4 is 5.73 Å². The maximum absolute atomic E-state index is 12.7. The number of hydrogen-bond acceptors (Lipinski definition) is 1. The number of halogens is 6. The summed E-state index contributed by atoms with van der Waals surface area (Å²) < 4.78 is 61.1. The van der Waals surface area contributed by atoms with Crippen LogP contribution in [-0.4, -0.2) is 6.18 Å². The Hall–Kier alpha value is -0.880. The van der Waals surface area contributed by atoms with Gasteiger partial charge in [-0.05, 0) is 24.1 Å². The van der Waals surface area contributed by atoms with Crippen LogP contribution in [0, 0.1) is 11.6 Å².